The highest BCUT2D eigenvalue weighted by Crippen LogP contribution is 2.22. The van der Waals surface area contributed by atoms with Gasteiger partial charge in [-0.2, -0.15) is 4.68 Å². The molecule has 16 heavy (non-hydrogen) atoms. The van der Waals surface area contributed by atoms with Gasteiger partial charge in [-0.05, 0) is 12.1 Å². The third kappa shape index (κ3) is 1.79. The minimum absolute atomic E-state index is 0.416. The van der Waals surface area contributed by atoms with Gasteiger partial charge in [0.2, 0.25) is 5.88 Å². The highest BCUT2D eigenvalue weighted by molar-refractivity contribution is 5.44. The highest BCUT2D eigenvalue weighted by Gasteiger charge is 2.08. The molecule has 0 fully saturated rings. The van der Waals surface area contributed by atoms with Crippen molar-refractivity contribution in [3.8, 4) is 17.3 Å². The largest absolute Gasteiger partial charge is 0.497 e. The van der Waals surface area contributed by atoms with Crippen molar-refractivity contribution < 1.29 is 9.47 Å². The second kappa shape index (κ2) is 4.14. The Morgan fingerprint density at radius 2 is 2.00 bits per heavy atom. The molecule has 84 valence electrons. The first-order valence-electron chi connectivity index (χ1n) is 4.78. The van der Waals surface area contributed by atoms with E-state index in [1.165, 1.54) is 0 Å². The Morgan fingerprint density at radius 3 is 2.69 bits per heavy atom. The van der Waals surface area contributed by atoms with E-state index in [4.69, 9.17) is 15.2 Å². The van der Waals surface area contributed by atoms with Gasteiger partial charge in [0.1, 0.15) is 11.6 Å². The molecule has 0 aliphatic heterocycles. The fourth-order valence-corrected chi connectivity index (χ4v) is 1.45. The standard InChI is InChI=1S/C11H13N3O2/c1-15-9-5-3-4-8(6-9)14-11(16-2)7-10(12)13-14/h3-7H,1-2H3,(H2,12,13). The van der Waals surface area contributed by atoms with Gasteiger partial charge in [-0.3, -0.25) is 0 Å². The number of aromatic nitrogens is 2. The van der Waals surface area contributed by atoms with E-state index in [0.717, 1.165) is 11.4 Å². The second-order valence-corrected chi connectivity index (χ2v) is 3.22. The van der Waals surface area contributed by atoms with Crippen LogP contribution >= 0.6 is 0 Å². The predicted octanol–water partition coefficient (Wildman–Crippen LogP) is 1.47. The number of hydrogen-bond donors (Lipinski definition) is 1. The third-order valence-electron chi connectivity index (χ3n) is 2.20. The number of anilines is 1. The van der Waals surface area contributed by atoms with Crippen molar-refractivity contribution in [2.45, 2.75) is 0 Å². The molecule has 0 saturated heterocycles. The SMILES string of the molecule is COc1cccc(-n2nc(N)cc2OC)c1. The summed E-state index contributed by atoms with van der Waals surface area (Å²) >= 11 is 0. The second-order valence-electron chi connectivity index (χ2n) is 3.22. The number of nitrogen functional groups attached to an aromatic ring is 1. The zero-order valence-electron chi connectivity index (χ0n) is 9.18. The average molecular weight is 219 g/mol. The summed E-state index contributed by atoms with van der Waals surface area (Å²) in [5.74, 6) is 1.76. The van der Waals surface area contributed by atoms with Gasteiger partial charge in [0.25, 0.3) is 0 Å². The Balaban J connectivity index is 2.48. The smallest absolute Gasteiger partial charge is 0.218 e. The zero-order valence-corrected chi connectivity index (χ0v) is 9.18. The van der Waals surface area contributed by atoms with Gasteiger partial charge in [-0.25, -0.2) is 0 Å². The maximum Gasteiger partial charge on any atom is 0.218 e. The van der Waals surface area contributed by atoms with E-state index in [-0.39, 0.29) is 0 Å². The minimum Gasteiger partial charge on any atom is -0.497 e. The molecule has 2 rings (SSSR count). The molecule has 1 aromatic heterocycles. The van der Waals surface area contributed by atoms with Crippen LogP contribution in [0, 0.1) is 0 Å². The van der Waals surface area contributed by atoms with Gasteiger partial charge in [0.15, 0.2) is 0 Å². The molecule has 0 atom stereocenters. The van der Waals surface area contributed by atoms with Gasteiger partial charge in [0, 0.05) is 12.1 Å². The van der Waals surface area contributed by atoms with Crippen LogP contribution in [0.25, 0.3) is 5.69 Å². The Kier molecular flexibility index (Phi) is 2.68. The van der Waals surface area contributed by atoms with Crippen LogP contribution in [0.4, 0.5) is 5.82 Å². The Labute approximate surface area is 93.4 Å². The van der Waals surface area contributed by atoms with Gasteiger partial charge >= 0.3 is 0 Å². The van der Waals surface area contributed by atoms with Crippen molar-refractivity contribution in [2.24, 2.45) is 0 Å². The molecule has 0 aliphatic carbocycles. The summed E-state index contributed by atoms with van der Waals surface area (Å²) in [6, 6.07) is 9.17. The van der Waals surface area contributed by atoms with Crippen molar-refractivity contribution in [2.75, 3.05) is 20.0 Å². The lowest BCUT2D eigenvalue weighted by Gasteiger charge is -2.07. The van der Waals surface area contributed by atoms with Crippen LogP contribution < -0.4 is 15.2 Å². The van der Waals surface area contributed by atoms with Crippen LogP contribution in [0.1, 0.15) is 0 Å². The molecule has 0 radical (unpaired) electrons. The number of rotatable bonds is 3. The minimum atomic E-state index is 0.416. The zero-order chi connectivity index (χ0) is 11.5. The van der Waals surface area contributed by atoms with Crippen LogP contribution in [-0.2, 0) is 0 Å². The molecule has 1 heterocycles. The van der Waals surface area contributed by atoms with Crippen LogP contribution in [-0.4, -0.2) is 24.0 Å². The molecule has 0 spiro atoms. The number of hydrogen-bond acceptors (Lipinski definition) is 4. The van der Waals surface area contributed by atoms with E-state index in [9.17, 15) is 0 Å². The molecule has 0 unspecified atom stereocenters. The summed E-state index contributed by atoms with van der Waals surface area (Å²) in [6.07, 6.45) is 0. The van der Waals surface area contributed by atoms with E-state index in [1.54, 1.807) is 25.0 Å². The average Bonchev–Trinajstić information content (AvgIpc) is 2.70. The van der Waals surface area contributed by atoms with Crippen molar-refractivity contribution >= 4 is 5.82 Å². The first kappa shape index (κ1) is 10.4. The van der Waals surface area contributed by atoms with Crippen LogP contribution in [0.3, 0.4) is 0 Å². The summed E-state index contributed by atoms with van der Waals surface area (Å²) in [7, 11) is 3.20. The number of ether oxygens (including phenoxy) is 2. The van der Waals surface area contributed by atoms with Gasteiger partial charge < -0.3 is 15.2 Å². The predicted molar refractivity (Wildman–Crippen MR) is 61.1 cm³/mol. The Bertz CT molecular complexity index is 494. The Morgan fingerprint density at radius 1 is 1.19 bits per heavy atom. The first-order valence-corrected chi connectivity index (χ1v) is 4.78. The molecule has 5 nitrogen and oxygen atoms in total. The lowest BCUT2D eigenvalue weighted by molar-refractivity contribution is 0.383. The van der Waals surface area contributed by atoms with Crippen molar-refractivity contribution in [1.82, 2.24) is 9.78 Å². The van der Waals surface area contributed by atoms with E-state index >= 15 is 0 Å². The third-order valence-corrected chi connectivity index (χ3v) is 2.20. The van der Waals surface area contributed by atoms with Crippen molar-refractivity contribution in [3.63, 3.8) is 0 Å². The molecule has 2 aromatic rings. The summed E-state index contributed by atoms with van der Waals surface area (Å²) < 4.78 is 11.9. The van der Waals surface area contributed by atoms with E-state index < -0.39 is 0 Å². The molecule has 0 bridgehead atoms. The molecular weight excluding hydrogens is 206 g/mol. The van der Waals surface area contributed by atoms with Crippen LogP contribution in [0.2, 0.25) is 0 Å². The summed E-state index contributed by atoms with van der Waals surface area (Å²) in [4.78, 5) is 0. The molecule has 1 aromatic carbocycles. The number of benzene rings is 1. The van der Waals surface area contributed by atoms with E-state index in [2.05, 4.69) is 5.10 Å². The fraction of sp³-hybridized carbons (Fsp3) is 0.182. The van der Waals surface area contributed by atoms with Crippen molar-refractivity contribution in [1.29, 1.82) is 0 Å². The number of methoxy groups -OCH3 is 2. The Hall–Kier alpha value is -2.17. The first-order chi connectivity index (χ1) is 7.74. The summed E-state index contributed by atoms with van der Waals surface area (Å²) in [5.41, 5.74) is 6.46. The number of nitrogens with two attached hydrogens (primary N) is 1. The topological polar surface area (TPSA) is 62.3 Å². The monoisotopic (exact) mass is 219 g/mol. The summed E-state index contributed by atoms with van der Waals surface area (Å²) in [5, 5.41) is 4.14. The van der Waals surface area contributed by atoms with Gasteiger partial charge in [0.05, 0.1) is 19.9 Å². The molecule has 2 N–H and O–H groups in total. The number of nitrogens with zero attached hydrogens (tertiary/aromatic N) is 2. The van der Waals surface area contributed by atoms with E-state index in [1.807, 2.05) is 24.3 Å². The highest BCUT2D eigenvalue weighted by atomic mass is 16.5. The van der Waals surface area contributed by atoms with Gasteiger partial charge in [-0.1, -0.05) is 6.07 Å². The molecule has 0 aliphatic rings. The molecule has 0 saturated carbocycles. The van der Waals surface area contributed by atoms with E-state index in [0.29, 0.717) is 11.7 Å². The lowest BCUT2D eigenvalue weighted by atomic mass is 10.3. The fourth-order valence-electron chi connectivity index (χ4n) is 1.45. The molecule has 0 amide bonds. The normalized spacial score (nSPS) is 10.1. The van der Waals surface area contributed by atoms with Gasteiger partial charge in [-0.15, -0.1) is 5.10 Å². The lowest BCUT2D eigenvalue weighted by Crippen LogP contribution is -2.00. The van der Waals surface area contributed by atoms with Crippen LogP contribution in [0.15, 0.2) is 30.3 Å². The molecule has 5 heteroatoms. The summed E-state index contributed by atoms with van der Waals surface area (Å²) in [6.45, 7) is 0. The van der Waals surface area contributed by atoms with Crippen molar-refractivity contribution in [3.05, 3.63) is 30.3 Å². The molecular formula is C11H13N3O2. The maximum atomic E-state index is 5.62. The maximum absolute atomic E-state index is 5.62. The van der Waals surface area contributed by atoms with Crippen LogP contribution in [0.5, 0.6) is 11.6 Å². The quantitative estimate of drug-likeness (QED) is 0.849.